The fourth-order valence-electron chi connectivity index (χ4n) is 2.45. The van der Waals surface area contributed by atoms with Crippen molar-refractivity contribution < 1.29 is 22.3 Å². The van der Waals surface area contributed by atoms with Crippen LogP contribution in [0.2, 0.25) is 0 Å². The molecule has 0 aliphatic heterocycles. The van der Waals surface area contributed by atoms with Gasteiger partial charge in [-0.05, 0) is 54.6 Å². The fourth-order valence-corrected chi connectivity index (χ4v) is 2.45. The first-order chi connectivity index (χ1) is 13.8. The zero-order valence-corrected chi connectivity index (χ0v) is 15.0. The highest BCUT2D eigenvalue weighted by Gasteiger charge is 2.30. The number of benzene rings is 2. The van der Waals surface area contributed by atoms with Gasteiger partial charge in [-0.3, -0.25) is 4.99 Å². The van der Waals surface area contributed by atoms with Gasteiger partial charge in [0.1, 0.15) is 11.6 Å². The van der Waals surface area contributed by atoms with Crippen molar-refractivity contribution in [1.29, 1.82) is 0 Å². The summed E-state index contributed by atoms with van der Waals surface area (Å²) in [5, 5.41) is 7.17. The average Bonchev–Trinajstić information content (AvgIpc) is 3.12. The van der Waals surface area contributed by atoms with Crippen molar-refractivity contribution in [1.82, 2.24) is 9.78 Å². The molecule has 0 atom stereocenters. The standard InChI is InChI=1S/C19H17F4N5O/c20-13-1-5-16(6-2-13)28-12-10-15(27-28)9-11-25-18(24)26-14-3-7-17(8-4-14)29-19(21,22)23/h1-8,10,12H,9,11H2,(H3,24,25,26). The number of rotatable bonds is 6. The predicted molar refractivity (Wildman–Crippen MR) is 100 cm³/mol. The van der Waals surface area contributed by atoms with Crippen molar-refractivity contribution in [3.8, 4) is 11.4 Å². The summed E-state index contributed by atoms with van der Waals surface area (Å²) in [6.07, 6.45) is -2.45. The van der Waals surface area contributed by atoms with E-state index in [1.165, 1.54) is 36.4 Å². The van der Waals surface area contributed by atoms with Crippen LogP contribution in [-0.4, -0.2) is 28.6 Å². The molecule has 3 aromatic rings. The van der Waals surface area contributed by atoms with Crippen molar-refractivity contribution in [2.24, 2.45) is 10.7 Å². The van der Waals surface area contributed by atoms with Crippen LogP contribution in [0, 0.1) is 5.82 Å². The minimum atomic E-state index is -4.74. The molecular weight excluding hydrogens is 390 g/mol. The molecule has 0 aliphatic rings. The summed E-state index contributed by atoms with van der Waals surface area (Å²) in [6.45, 7) is 0.356. The normalized spacial score (nSPS) is 12.1. The highest BCUT2D eigenvalue weighted by Crippen LogP contribution is 2.23. The molecule has 3 N–H and O–H groups in total. The Morgan fingerprint density at radius 3 is 2.41 bits per heavy atom. The van der Waals surface area contributed by atoms with Crippen molar-refractivity contribution in [2.75, 3.05) is 11.9 Å². The number of hydrogen-bond donors (Lipinski definition) is 2. The molecule has 0 saturated carbocycles. The van der Waals surface area contributed by atoms with Crippen LogP contribution in [0.1, 0.15) is 5.69 Å². The van der Waals surface area contributed by atoms with Gasteiger partial charge in [-0.25, -0.2) is 9.07 Å². The second-order valence-corrected chi connectivity index (χ2v) is 5.94. The first-order valence-electron chi connectivity index (χ1n) is 8.52. The van der Waals surface area contributed by atoms with Gasteiger partial charge in [0, 0.05) is 24.8 Å². The zero-order valence-electron chi connectivity index (χ0n) is 15.0. The van der Waals surface area contributed by atoms with E-state index in [1.54, 1.807) is 23.0 Å². The number of nitrogens with two attached hydrogens (primary N) is 1. The number of nitrogens with zero attached hydrogens (tertiary/aromatic N) is 3. The van der Waals surface area contributed by atoms with Crippen molar-refractivity contribution in [3.63, 3.8) is 0 Å². The first-order valence-corrected chi connectivity index (χ1v) is 8.52. The molecular formula is C19H17F4N5O. The molecule has 0 bridgehead atoms. The predicted octanol–water partition coefficient (Wildman–Crippen LogP) is 3.88. The molecule has 152 valence electrons. The Hall–Kier alpha value is -3.56. The lowest BCUT2D eigenvalue weighted by Gasteiger charge is -2.10. The molecule has 0 aliphatic carbocycles. The summed E-state index contributed by atoms with van der Waals surface area (Å²) in [7, 11) is 0. The van der Waals surface area contributed by atoms with Crippen LogP contribution in [-0.2, 0) is 6.42 Å². The number of hydrogen-bond acceptors (Lipinski definition) is 3. The monoisotopic (exact) mass is 407 g/mol. The lowest BCUT2D eigenvalue weighted by atomic mass is 10.3. The maximum Gasteiger partial charge on any atom is 0.573 e. The maximum absolute atomic E-state index is 13.0. The van der Waals surface area contributed by atoms with Crippen LogP contribution in [0.3, 0.4) is 0 Å². The largest absolute Gasteiger partial charge is 0.573 e. The number of alkyl halides is 3. The van der Waals surface area contributed by atoms with E-state index in [2.05, 4.69) is 20.1 Å². The van der Waals surface area contributed by atoms with E-state index in [9.17, 15) is 17.6 Å². The van der Waals surface area contributed by atoms with Crippen LogP contribution in [0.15, 0.2) is 65.8 Å². The third kappa shape index (κ3) is 6.23. The van der Waals surface area contributed by atoms with Gasteiger partial charge in [0.25, 0.3) is 0 Å². The van der Waals surface area contributed by atoms with E-state index in [0.717, 1.165) is 11.4 Å². The van der Waals surface area contributed by atoms with Crippen LogP contribution < -0.4 is 15.8 Å². The molecule has 1 heterocycles. The summed E-state index contributed by atoms with van der Waals surface area (Å²) < 4.78 is 54.8. The molecule has 6 nitrogen and oxygen atoms in total. The summed E-state index contributed by atoms with van der Waals surface area (Å²) in [6, 6.07) is 12.9. The van der Waals surface area contributed by atoms with Gasteiger partial charge in [-0.1, -0.05) is 0 Å². The van der Waals surface area contributed by atoms with E-state index >= 15 is 0 Å². The summed E-state index contributed by atoms with van der Waals surface area (Å²) in [4.78, 5) is 4.16. The topological polar surface area (TPSA) is 77.5 Å². The van der Waals surface area contributed by atoms with Gasteiger partial charge in [0.15, 0.2) is 5.96 Å². The van der Waals surface area contributed by atoms with Gasteiger partial charge in [-0.2, -0.15) is 5.10 Å². The Morgan fingerprint density at radius 1 is 1.07 bits per heavy atom. The molecule has 10 heteroatoms. The maximum atomic E-state index is 13.0. The summed E-state index contributed by atoms with van der Waals surface area (Å²) in [5.41, 5.74) is 7.77. The number of nitrogens with one attached hydrogen (secondary N) is 1. The van der Waals surface area contributed by atoms with E-state index in [4.69, 9.17) is 5.73 Å². The van der Waals surface area contributed by atoms with Gasteiger partial charge < -0.3 is 15.8 Å². The molecule has 0 unspecified atom stereocenters. The number of halogens is 4. The Balaban J connectivity index is 1.51. The van der Waals surface area contributed by atoms with Gasteiger partial charge in [0.2, 0.25) is 0 Å². The lowest BCUT2D eigenvalue weighted by molar-refractivity contribution is -0.274. The number of anilines is 1. The molecule has 1 aromatic heterocycles. The molecule has 0 fully saturated rings. The summed E-state index contributed by atoms with van der Waals surface area (Å²) >= 11 is 0. The molecule has 0 saturated heterocycles. The van der Waals surface area contributed by atoms with Crippen molar-refractivity contribution in [3.05, 3.63) is 72.3 Å². The van der Waals surface area contributed by atoms with Crippen molar-refractivity contribution in [2.45, 2.75) is 12.8 Å². The minimum Gasteiger partial charge on any atom is -0.406 e. The molecule has 0 spiro atoms. The number of aliphatic imine (C=N–C) groups is 1. The van der Waals surface area contributed by atoms with E-state index in [-0.39, 0.29) is 17.5 Å². The molecule has 0 radical (unpaired) electrons. The van der Waals surface area contributed by atoms with E-state index in [1.807, 2.05) is 6.07 Å². The molecule has 29 heavy (non-hydrogen) atoms. The van der Waals surface area contributed by atoms with E-state index < -0.39 is 6.36 Å². The Morgan fingerprint density at radius 2 is 1.76 bits per heavy atom. The quantitative estimate of drug-likeness (QED) is 0.369. The number of guanidine groups is 1. The molecule has 0 amide bonds. The Labute approximate surface area is 163 Å². The molecule has 2 aromatic carbocycles. The Kier molecular flexibility index (Phi) is 6.01. The highest BCUT2D eigenvalue weighted by atomic mass is 19.4. The average molecular weight is 407 g/mol. The van der Waals surface area contributed by atoms with Crippen molar-refractivity contribution >= 4 is 11.6 Å². The van der Waals surface area contributed by atoms with E-state index in [0.29, 0.717) is 18.7 Å². The minimum absolute atomic E-state index is 0.118. The second kappa shape index (κ2) is 8.63. The SMILES string of the molecule is NC(=NCCc1ccn(-c2ccc(F)cc2)n1)Nc1ccc(OC(F)(F)F)cc1. The van der Waals surface area contributed by atoms with Crippen LogP contribution in [0.4, 0.5) is 23.2 Å². The zero-order chi connectivity index (χ0) is 20.9. The third-order valence-corrected chi connectivity index (χ3v) is 3.75. The van der Waals surface area contributed by atoms with Gasteiger partial charge >= 0.3 is 6.36 Å². The van der Waals surface area contributed by atoms with Crippen LogP contribution in [0.5, 0.6) is 5.75 Å². The van der Waals surface area contributed by atoms with Gasteiger partial charge in [0.05, 0.1) is 11.4 Å². The summed E-state index contributed by atoms with van der Waals surface area (Å²) in [5.74, 6) is -0.524. The second-order valence-electron chi connectivity index (χ2n) is 5.94. The van der Waals surface area contributed by atoms with Crippen LogP contribution in [0.25, 0.3) is 5.69 Å². The first kappa shape index (κ1) is 20.2. The fraction of sp³-hybridized carbons (Fsp3) is 0.158. The van der Waals surface area contributed by atoms with Gasteiger partial charge in [-0.15, -0.1) is 13.2 Å². The lowest BCUT2D eigenvalue weighted by Crippen LogP contribution is -2.23. The number of ether oxygens (including phenoxy) is 1. The number of aromatic nitrogens is 2. The third-order valence-electron chi connectivity index (χ3n) is 3.75. The Bertz CT molecular complexity index is 966. The highest BCUT2D eigenvalue weighted by molar-refractivity contribution is 5.92. The molecule has 3 rings (SSSR count). The smallest absolute Gasteiger partial charge is 0.406 e. The van der Waals surface area contributed by atoms with Crippen LogP contribution >= 0.6 is 0 Å².